The number of amides is 1. The van der Waals surface area contributed by atoms with E-state index in [4.69, 9.17) is 4.42 Å². The van der Waals surface area contributed by atoms with E-state index in [2.05, 4.69) is 20.8 Å². The quantitative estimate of drug-likeness (QED) is 0.263. The van der Waals surface area contributed by atoms with Gasteiger partial charge < -0.3 is 15.1 Å². The number of benzene rings is 2. The summed E-state index contributed by atoms with van der Waals surface area (Å²) in [7, 11) is -3.56. The molecule has 0 spiro atoms. The summed E-state index contributed by atoms with van der Waals surface area (Å²) in [5, 5.41) is 24.7. The summed E-state index contributed by atoms with van der Waals surface area (Å²) in [5.41, 5.74) is 0.598. The number of hydrogen-bond donors (Lipinski definition) is 2. The Morgan fingerprint density at radius 3 is 2.56 bits per heavy atom. The monoisotopic (exact) mass is 459 g/mol. The Kier molecular flexibility index (Phi) is 7.15. The Balaban J connectivity index is 1.46. The average molecular weight is 459 g/mol. The first-order valence-corrected chi connectivity index (χ1v) is 11.5. The molecule has 32 heavy (non-hydrogen) atoms. The van der Waals surface area contributed by atoms with Gasteiger partial charge in [0.25, 0.3) is 5.69 Å². The fourth-order valence-corrected chi connectivity index (χ4v) is 3.44. The van der Waals surface area contributed by atoms with Crippen molar-refractivity contribution < 1.29 is 22.6 Å². The minimum Gasteiger partial charge on any atom is -0.421 e. The average Bonchev–Trinajstić information content (AvgIpc) is 3.24. The topological polar surface area (TPSA) is 157 Å². The van der Waals surface area contributed by atoms with E-state index in [1.165, 1.54) is 12.1 Å². The van der Waals surface area contributed by atoms with Gasteiger partial charge in [-0.15, -0.1) is 10.2 Å². The lowest BCUT2D eigenvalue weighted by Crippen LogP contribution is -2.29. The number of sulfone groups is 1. The van der Waals surface area contributed by atoms with E-state index in [0.29, 0.717) is 11.8 Å². The molecule has 0 fully saturated rings. The van der Waals surface area contributed by atoms with E-state index in [1.54, 1.807) is 0 Å². The second kappa shape index (κ2) is 10.0. The third-order valence-electron chi connectivity index (χ3n) is 4.41. The molecule has 0 bridgehead atoms. The van der Waals surface area contributed by atoms with Crippen molar-refractivity contribution in [3.05, 3.63) is 64.5 Å². The molecule has 3 aromatic rings. The van der Waals surface area contributed by atoms with E-state index in [0.717, 1.165) is 17.9 Å². The summed E-state index contributed by atoms with van der Waals surface area (Å²) in [4.78, 5) is 22.5. The van der Waals surface area contributed by atoms with Gasteiger partial charge in [-0.3, -0.25) is 14.9 Å². The molecule has 2 N–H and O–H groups in total. The number of carbonyl (C=O) groups is 1. The van der Waals surface area contributed by atoms with Crippen LogP contribution in [0.25, 0.3) is 11.5 Å². The van der Waals surface area contributed by atoms with E-state index >= 15 is 0 Å². The lowest BCUT2D eigenvalue weighted by atomic mass is 10.2. The molecule has 1 aromatic heterocycles. The molecule has 0 saturated carbocycles. The summed E-state index contributed by atoms with van der Waals surface area (Å²) in [6, 6.07) is 12.9. The second-order valence-electron chi connectivity index (χ2n) is 6.85. The predicted octanol–water partition coefficient (Wildman–Crippen LogP) is 2.21. The van der Waals surface area contributed by atoms with Crippen LogP contribution >= 0.6 is 0 Å². The first kappa shape index (κ1) is 22.9. The lowest BCUT2D eigenvalue weighted by molar-refractivity contribution is -0.384. The van der Waals surface area contributed by atoms with Gasteiger partial charge >= 0.3 is 0 Å². The number of hydrogen-bond acceptors (Lipinski definition) is 9. The van der Waals surface area contributed by atoms with Crippen molar-refractivity contribution in [3.63, 3.8) is 0 Å². The van der Waals surface area contributed by atoms with Crippen molar-refractivity contribution in [3.8, 4) is 11.5 Å². The molecule has 168 valence electrons. The van der Waals surface area contributed by atoms with Gasteiger partial charge in [0.1, 0.15) is 5.69 Å². The molecule has 1 heterocycles. The maximum atomic E-state index is 12.0. The molecule has 0 radical (unpaired) electrons. The first-order valence-electron chi connectivity index (χ1n) is 9.61. The zero-order chi connectivity index (χ0) is 23.1. The van der Waals surface area contributed by atoms with Crippen LogP contribution in [0.5, 0.6) is 0 Å². The van der Waals surface area contributed by atoms with Gasteiger partial charge in [0, 0.05) is 43.8 Å². The number of nitro benzene ring substituents is 1. The van der Waals surface area contributed by atoms with Crippen LogP contribution in [-0.4, -0.2) is 48.8 Å². The summed E-state index contributed by atoms with van der Waals surface area (Å²) < 4.78 is 28.7. The Hall–Kier alpha value is -3.80. The summed E-state index contributed by atoms with van der Waals surface area (Å²) >= 11 is 0. The minimum absolute atomic E-state index is 0.139. The normalized spacial score (nSPS) is 11.2. The van der Waals surface area contributed by atoms with Gasteiger partial charge in [-0.1, -0.05) is 18.2 Å². The van der Waals surface area contributed by atoms with Crippen molar-refractivity contribution in [2.45, 2.75) is 17.7 Å². The minimum atomic E-state index is -3.56. The van der Waals surface area contributed by atoms with E-state index in [-0.39, 0.29) is 48.1 Å². The van der Waals surface area contributed by atoms with Crippen LogP contribution in [0.1, 0.15) is 12.3 Å². The lowest BCUT2D eigenvalue weighted by Gasteiger charge is -2.09. The molecule has 0 saturated heterocycles. The zero-order valence-electron chi connectivity index (χ0n) is 17.1. The van der Waals surface area contributed by atoms with E-state index < -0.39 is 14.8 Å². The number of aryl methyl sites for hydroxylation is 1. The third kappa shape index (κ3) is 6.11. The van der Waals surface area contributed by atoms with Crippen molar-refractivity contribution in [2.24, 2.45) is 0 Å². The fraction of sp³-hybridized carbons (Fsp3) is 0.250. The maximum absolute atomic E-state index is 12.0. The molecule has 0 aliphatic rings. The van der Waals surface area contributed by atoms with Crippen LogP contribution < -0.4 is 10.6 Å². The molecule has 11 nitrogen and oxygen atoms in total. The third-order valence-corrected chi connectivity index (χ3v) is 5.52. The number of nitrogens with zero attached hydrogens (tertiary/aromatic N) is 3. The molecule has 0 atom stereocenters. The summed E-state index contributed by atoms with van der Waals surface area (Å²) in [5.74, 6) is 0.487. The van der Waals surface area contributed by atoms with Crippen LogP contribution in [0, 0.1) is 10.1 Å². The molecule has 2 aromatic carbocycles. The van der Waals surface area contributed by atoms with Gasteiger partial charge in [0.2, 0.25) is 17.7 Å². The highest BCUT2D eigenvalue weighted by atomic mass is 32.2. The Morgan fingerprint density at radius 2 is 1.88 bits per heavy atom. The maximum Gasteiger partial charge on any atom is 0.293 e. The smallest absolute Gasteiger partial charge is 0.293 e. The highest BCUT2D eigenvalue weighted by Crippen LogP contribution is 2.27. The Labute approximate surface area is 183 Å². The molecule has 1 amide bonds. The zero-order valence-corrected chi connectivity index (χ0v) is 18.0. The molecule has 3 rings (SSSR count). The highest BCUT2D eigenvalue weighted by Gasteiger charge is 2.18. The van der Waals surface area contributed by atoms with Crippen LogP contribution in [0.4, 0.5) is 11.4 Å². The van der Waals surface area contributed by atoms with Crippen molar-refractivity contribution >= 4 is 27.1 Å². The number of nitrogens with one attached hydrogen (secondary N) is 2. The van der Waals surface area contributed by atoms with Crippen molar-refractivity contribution in [1.29, 1.82) is 0 Å². The number of carbonyl (C=O) groups excluding carboxylic acids is 1. The van der Waals surface area contributed by atoms with Crippen molar-refractivity contribution in [1.82, 2.24) is 15.5 Å². The largest absolute Gasteiger partial charge is 0.421 e. The standard InChI is InChI=1S/C20H21N5O6S/c1-32(29,30)15-7-8-16(17(13-15)25(27)28)21-11-12-22-18(26)9-10-19-23-24-20(31-19)14-5-3-2-4-6-14/h2-8,13,21H,9-12H2,1H3,(H,22,26). The van der Waals surface area contributed by atoms with Crippen LogP contribution in [-0.2, 0) is 21.1 Å². The second-order valence-corrected chi connectivity index (χ2v) is 8.87. The van der Waals surface area contributed by atoms with Gasteiger partial charge in [-0.25, -0.2) is 8.42 Å². The highest BCUT2D eigenvalue weighted by molar-refractivity contribution is 7.90. The fourth-order valence-electron chi connectivity index (χ4n) is 2.80. The molecular weight excluding hydrogens is 438 g/mol. The van der Waals surface area contributed by atoms with Gasteiger partial charge in [0.15, 0.2) is 9.84 Å². The predicted molar refractivity (Wildman–Crippen MR) is 116 cm³/mol. The van der Waals surface area contributed by atoms with Gasteiger partial charge in [-0.05, 0) is 24.3 Å². The molecule has 12 heteroatoms. The molecule has 0 aliphatic heterocycles. The summed E-state index contributed by atoms with van der Waals surface area (Å²) in [6.07, 6.45) is 1.39. The number of anilines is 1. The van der Waals surface area contributed by atoms with Crippen LogP contribution in [0.15, 0.2) is 57.8 Å². The van der Waals surface area contributed by atoms with Crippen LogP contribution in [0.3, 0.4) is 0 Å². The number of rotatable bonds is 10. The SMILES string of the molecule is CS(=O)(=O)c1ccc(NCCNC(=O)CCc2nnc(-c3ccccc3)o2)c([N+](=O)[O-])c1. The van der Waals surface area contributed by atoms with E-state index in [1.807, 2.05) is 30.3 Å². The summed E-state index contributed by atoms with van der Waals surface area (Å²) in [6.45, 7) is 0.423. The Bertz CT molecular complexity index is 1210. The van der Waals surface area contributed by atoms with Crippen LogP contribution in [0.2, 0.25) is 0 Å². The van der Waals surface area contributed by atoms with Crippen molar-refractivity contribution in [2.75, 3.05) is 24.7 Å². The van der Waals surface area contributed by atoms with E-state index in [9.17, 15) is 23.3 Å². The Morgan fingerprint density at radius 1 is 1.12 bits per heavy atom. The molecule has 0 aliphatic carbocycles. The first-order chi connectivity index (χ1) is 15.2. The van der Waals surface area contributed by atoms with Gasteiger partial charge in [0.05, 0.1) is 9.82 Å². The number of nitro groups is 1. The van der Waals surface area contributed by atoms with Gasteiger partial charge in [-0.2, -0.15) is 0 Å². The molecular formula is C20H21N5O6S. The number of aromatic nitrogens is 2. The molecule has 0 unspecified atom stereocenters.